The van der Waals surface area contributed by atoms with Crippen molar-refractivity contribution in [1.82, 2.24) is 4.31 Å². The summed E-state index contributed by atoms with van der Waals surface area (Å²) in [6, 6.07) is 18.5. The predicted molar refractivity (Wildman–Crippen MR) is 131 cm³/mol. The first-order valence-electron chi connectivity index (χ1n) is 10.8. The molecule has 0 bridgehead atoms. The third-order valence-corrected chi connectivity index (χ3v) is 7.85. The van der Waals surface area contributed by atoms with Crippen molar-refractivity contribution in [1.29, 1.82) is 0 Å². The number of sulfonamides is 1. The molecule has 1 heterocycles. The summed E-state index contributed by atoms with van der Waals surface area (Å²) in [7, 11) is -2.16. The van der Waals surface area contributed by atoms with Crippen molar-refractivity contribution in [3.05, 3.63) is 82.9 Å². The maximum absolute atomic E-state index is 12.9. The van der Waals surface area contributed by atoms with Gasteiger partial charge in [-0.1, -0.05) is 29.8 Å². The second-order valence-corrected chi connectivity index (χ2v) is 10.2. The van der Waals surface area contributed by atoms with Gasteiger partial charge in [-0.2, -0.15) is 4.31 Å². The van der Waals surface area contributed by atoms with Crippen LogP contribution in [0.4, 0.5) is 5.69 Å². The van der Waals surface area contributed by atoms with Crippen molar-refractivity contribution in [2.24, 2.45) is 0 Å². The molecule has 7 nitrogen and oxygen atoms in total. The first-order chi connectivity index (χ1) is 16.4. The van der Waals surface area contributed by atoms with E-state index in [1.54, 1.807) is 36.4 Å². The lowest BCUT2D eigenvalue weighted by Crippen LogP contribution is -2.28. The maximum atomic E-state index is 12.9. The Bertz CT molecular complexity index is 1270. The Morgan fingerprint density at radius 2 is 1.74 bits per heavy atom. The number of methoxy groups -OCH3 is 1. The number of nitrogens with one attached hydrogen (secondary N) is 1. The molecule has 1 aliphatic rings. The van der Waals surface area contributed by atoms with Crippen LogP contribution >= 0.6 is 11.6 Å². The number of amides is 1. The van der Waals surface area contributed by atoms with Gasteiger partial charge in [0.15, 0.2) is 0 Å². The van der Waals surface area contributed by atoms with Crippen molar-refractivity contribution in [2.45, 2.75) is 24.3 Å². The van der Waals surface area contributed by atoms with Crippen LogP contribution in [0.5, 0.6) is 11.5 Å². The first kappa shape index (κ1) is 24.1. The summed E-state index contributed by atoms with van der Waals surface area (Å²) < 4.78 is 38.4. The van der Waals surface area contributed by atoms with Gasteiger partial charge in [0.25, 0.3) is 5.91 Å². The number of rotatable bonds is 8. The number of ether oxygens (including phenoxy) is 2. The van der Waals surface area contributed by atoms with Crippen LogP contribution in [-0.2, 0) is 16.6 Å². The second-order valence-electron chi connectivity index (χ2n) is 7.83. The van der Waals surface area contributed by atoms with Crippen LogP contribution in [0.1, 0.15) is 28.8 Å². The van der Waals surface area contributed by atoms with E-state index in [0.717, 1.165) is 18.4 Å². The van der Waals surface area contributed by atoms with Gasteiger partial charge in [0.2, 0.25) is 10.0 Å². The fourth-order valence-electron chi connectivity index (χ4n) is 3.70. The van der Waals surface area contributed by atoms with Crippen molar-refractivity contribution < 1.29 is 22.7 Å². The Morgan fingerprint density at radius 1 is 1.03 bits per heavy atom. The predicted octanol–water partition coefficient (Wildman–Crippen LogP) is 4.96. The smallest absolute Gasteiger partial charge is 0.255 e. The SMILES string of the molecule is COc1ccc(S(=O)(=O)N2CCCC2)cc1NC(=O)c1ccc(OCc2ccccc2Cl)cc1. The molecule has 0 saturated carbocycles. The monoisotopic (exact) mass is 500 g/mol. The minimum atomic E-state index is -3.62. The quantitative estimate of drug-likeness (QED) is 0.472. The molecule has 0 radical (unpaired) electrons. The molecule has 9 heteroatoms. The molecule has 34 heavy (non-hydrogen) atoms. The van der Waals surface area contributed by atoms with E-state index in [4.69, 9.17) is 21.1 Å². The van der Waals surface area contributed by atoms with Gasteiger partial charge < -0.3 is 14.8 Å². The molecule has 1 aliphatic heterocycles. The molecule has 0 spiro atoms. The van der Waals surface area contributed by atoms with Crippen LogP contribution in [-0.4, -0.2) is 38.8 Å². The highest BCUT2D eigenvalue weighted by atomic mass is 35.5. The number of nitrogens with zero attached hydrogens (tertiary/aromatic N) is 1. The van der Waals surface area contributed by atoms with E-state index >= 15 is 0 Å². The lowest BCUT2D eigenvalue weighted by molar-refractivity contribution is 0.102. The van der Waals surface area contributed by atoms with Crippen LogP contribution in [0.3, 0.4) is 0 Å². The van der Waals surface area contributed by atoms with E-state index in [-0.39, 0.29) is 10.6 Å². The second kappa shape index (κ2) is 10.5. The Labute approximate surface area is 204 Å². The normalized spacial score (nSPS) is 14.1. The van der Waals surface area contributed by atoms with Crippen LogP contribution in [0.2, 0.25) is 5.02 Å². The summed E-state index contributed by atoms with van der Waals surface area (Å²) in [5.41, 5.74) is 1.54. The highest BCUT2D eigenvalue weighted by molar-refractivity contribution is 7.89. The summed E-state index contributed by atoms with van der Waals surface area (Å²) >= 11 is 6.15. The lowest BCUT2D eigenvalue weighted by Gasteiger charge is -2.17. The largest absolute Gasteiger partial charge is 0.495 e. The van der Waals surface area contributed by atoms with E-state index in [0.29, 0.717) is 41.8 Å². The minimum Gasteiger partial charge on any atom is -0.495 e. The minimum absolute atomic E-state index is 0.119. The molecule has 1 saturated heterocycles. The van der Waals surface area contributed by atoms with E-state index in [1.165, 1.54) is 23.5 Å². The van der Waals surface area contributed by atoms with E-state index in [9.17, 15) is 13.2 Å². The molecule has 0 aromatic heterocycles. The average Bonchev–Trinajstić information content (AvgIpc) is 3.40. The summed E-state index contributed by atoms with van der Waals surface area (Å²) in [6.45, 7) is 1.31. The van der Waals surface area contributed by atoms with Crippen molar-refractivity contribution >= 4 is 33.2 Å². The Morgan fingerprint density at radius 3 is 2.41 bits per heavy atom. The van der Waals surface area contributed by atoms with Crippen LogP contribution < -0.4 is 14.8 Å². The third-order valence-electron chi connectivity index (χ3n) is 5.59. The maximum Gasteiger partial charge on any atom is 0.255 e. The fraction of sp³-hybridized carbons (Fsp3) is 0.240. The third kappa shape index (κ3) is 5.35. The molecule has 0 unspecified atom stereocenters. The molecular weight excluding hydrogens is 476 g/mol. The zero-order valence-electron chi connectivity index (χ0n) is 18.7. The summed E-state index contributed by atoms with van der Waals surface area (Å²) in [5.74, 6) is 0.563. The number of hydrogen-bond acceptors (Lipinski definition) is 5. The Hall–Kier alpha value is -3.07. The molecule has 0 aliphatic carbocycles. The number of benzene rings is 3. The molecule has 3 aromatic rings. The highest BCUT2D eigenvalue weighted by Gasteiger charge is 2.28. The molecule has 1 N–H and O–H groups in total. The van der Waals surface area contributed by atoms with E-state index < -0.39 is 15.9 Å². The standard InChI is InChI=1S/C25H25ClN2O5S/c1-32-24-13-12-21(34(30,31)28-14-4-5-15-28)16-23(24)27-25(29)18-8-10-20(11-9-18)33-17-19-6-2-3-7-22(19)26/h2-3,6-13,16H,4-5,14-15,17H2,1H3,(H,27,29). The summed E-state index contributed by atoms with van der Waals surface area (Å²) in [6.07, 6.45) is 1.69. The number of anilines is 1. The number of halogens is 1. The van der Waals surface area contributed by atoms with Crippen LogP contribution in [0.15, 0.2) is 71.6 Å². The molecule has 178 valence electrons. The van der Waals surface area contributed by atoms with E-state index in [1.807, 2.05) is 18.2 Å². The zero-order valence-corrected chi connectivity index (χ0v) is 20.2. The van der Waals surface area contributed by atoms with Gasteiger partial charge in [-0.15, -0.1) is 0 Å². The van der Waals surface area contributed by atoms with Crippen molar-refractivity contribution in [3.63, 3.8) is 0 Å². The van der Waals surface area contributed by atoms with Gasteiger partial charge in [0.05, 0.1) is 17.7 Å². The Kier molecular flexibility index (Phi) is 7.41. The molecule has 0 atom stereocenters. The Balaban J connectivity index is 1.47. The number of carbonyl (C=O) groups excluding carboxylic acids is 1. The van der Waals surface area contributed by atoms with Crippen LogP contribution in [0.25, 0.3) is 0 Å². The lowest BCUT2D eigenvalue weighted by atomic mass is 10.2. The van der Waals surface area contributed by atoms with Gasteiger partial charge >= 0.3 is 0 Å². The van der Waals surface area contributed by atoms with E-state index in [2.05, 4.69) is 5.32 Å². The van der Waals surface area contributed by atoms with Gasteiger partial charge in [-0.05, 0) is 61.4 Å². The average molecular weight is 501 g/mol. The summed E-state index contributed by atoms with van der Waals surface area (Å²) in [4.78, 5) is 13.0. The number of hydrogen-bond donors (Lipinski definition) is 1. The van der Waals surface area contributed by atoms with Crippen molar-refractivity contribution in [3.8, 4) is 11.5 Å². The molecule has 1 amide bonds. The topological polar surface area (TPSA) is 84.9 Å². The van der Waals surface area contributed by atoms with Gasteiger partial charge in [0.1, 0.15) is 18.1 Å². The molecular formula is C25H25ClN2O5S. The highest BCUT2D eigenvalue weighted by Crippen LogP contribution is 2.30. The fourth-order valence-corrected chi connectivity index (χ4v) is 5.43. The first-order valence-corrected chi connectivity index (χ1v) is 12.7. The van der Waals surface area contributed by atoms with Crippen LogP contribution in [0, 0.1) is 0 Å². The summed E-state index contributed by atoms with van der Waals surface area (Å²) in [5, 5.41) is 3.39. The number of carbonyl (C=O) groups is 1. The van der Waals surface area contributed by atoms with Gasteiger partial charge in [-0.25, -0.2) is 8.42 Å². The van der Waals surface area contributed by atoms with Gasteiger partial charge in [-0.3, -0.25) is 4.79 Å². The van der Waals surface area contributed by atoms with Crippen molar-refractivity contribution in [2.75, 3.05) is 25.5 Å². The molecule has 4 rings (SSSR count). The van der Waals surface area contributed by atoms with Gasteiger partial charge in [0, 0.05) is 29.2 Å². The molecule has 3 aromatic carbocycles. The zero-order chi connectivity index (χ0) is 24.1. The molecule has 1 fully saturated rings.